The van der Waals surface area contributed by atoms with Gasteiger partial charge in [0.05, 0.1) is 0 Å². The third kappa shape index (κ3) is 4.58. The van der Waals surface area contributed by atoms with Crippen LogP contribution in [0.25, 0.3) is 0 Å². The highest BCUT2D eigenvalue weighted by Crippen LogP contribution is 2.20. The molecule has 0 spiro atoms. The Morgan fingerprint density at radius 3 is 2.71 bits per heavy atom. The minimum atomic E-state index is 0.0299. The minimum Gasteiger partial charge on any atom is -0.351 e. The van der Waals surface area contributed by atoms with Gasteiger partial charge in [0.25, 0.3) is 5.91 Å². The van der Waals surface area contributed by atoms with E-state index in [0.717, 1.165) is 29.1 Å². The molecule has 5 heteroatoms. The first-order chi connectivity index (χ1) is 9.97. The van der Waals surface area contributed by atoms with E-state index < -0.39 is 0 Å². The quantitative estimate of drug-likeness (QED) is 0.879. The number of carbonyl (C=O) groups excluding carboxylic acids is 1. The van der Waals surface area contributed by atoms with Gasteiger partial charge in [-0.2, -0.15) is 0 Å². The summed E-state index contributed by atoms with van der Waals surface area (Å²) in [4.78, 5) is 14.7. The third-order valence-corrected chi connectivity index (χ3v) is 4.71. The Bertz CT molecular complexity index is 476. The van der Waals surface area contributed by atoms with E-state index >= 15 is 0 Å². The van der Waals surface area contributed by atoms with Crippen LogP contribution in [0.3, 0.4) is 0 Å². The molecule has 4 nitrogen and oxygen atoms in total. The van der Waals surface area contributed by atoms with Crippen LogP contribution in [-0.4, -0.2) is 42.1 Å². The zero-order valence-corrected chi connectivity index (χ0v) is 14.8. The molecule has 1 saturated heterocycles. The Morgan fingerprint density at radius 2 is 2.10 bits per heavy atom. The van der Waals surface area contributed by atoms with E-state index in [4.69, 9.17) is 0 Å². The van der Waals surface area contributed by atoms with Crippen molar-refractivity contribution in [1.29, 1.82) is 0 Å². The monoisotopic (exact) mass is 355 g/mol. The molecule has 1 aromatic rings. The molecule has 1 aliphatic heterocycles. The van der Waals surface area contributed by atoms with Gasteiger partial charge in [-0.05, 0) is 81.2 Å². The molecular formula is C16H26BrN3O. The van der Waals surface area contributed by atoms with Crippen LogP contribution in [0.15, 0.2) is 16.7 Å². The van der Waals surface area contributed by atoms with Crippen LogP contribution in [0.5, 0.6) is 0 Å². The second kappa shape index (κ2) is 7.45. The van der Waals surface area contributed by atoms with E-state index in [-0.39, 0.29) is 11.9 Å². The summed E-state index contributed by atoms with van der Waals surface area (Å²) in [5.74, 6) is 0.785. The number of amides is 1. The standard InChI is InChI=1S/C16H26BrN3O/c1-12(2)20-11-14(17)10-15(20)16(21)18-7-4-13-5-8-19(3)9-6-13/h10-13H,4-9H2,1-3H3,(H,18,21). The lowest BCUT2D eigenvalue weighted by molar-refractivity contribution is 0.0938. The van der Waals surface area contributed by atoms with Crippen molar-refractivity contribution in [2.45, 2.75) is 39.2 Å². The van der Waals surface area contributed by atoms with Crippen molar-refractivity contribution in [3.05, 3.63) is 22.4 Å². The summed E-state index contributed by atoms with van der Waals surface area (Å²) >= 11 is 3.45. The third-order valence-electron chi connectivity index (χ3n) is 4.28. The largest absolute Gasteiger partial charge is 0.351 e. The molecule has 1 aliphatic rings. The van der Waals surface area contributed by atoms with Gasteiger partial charge in [0, 0.05) is 23.3 Å². The molecule has 1 amide bonds. The van der Waals surface area contributed by atoms with Crippen molar-refractivity contribution in [3.8, 4) is 0 Å². The van der Waals surface area contributed by atoms with Gasteiger partial charge in [-0.3, -0.25) is 4.79 Å². The molecule has 21 heavy (non-hydrogen) atoms. The van der Waals surface area contributed by atoms with E-state index in [2.05, 4.69) is 47.0 Å². The molecule has 0 radical (unpaired) electrons. The van der Waals surface area contributed by atoms with Crippen LogP contribution in [0.4, 0.5) is 0 Å². The van der Waals surface area contributed by atoms with E-state index in [1.807, 2.05) is 16.8 Å². The first-order valence-corrected chi connectivity index (χ1v) is 8.60. The van der Waals surface area contributed by atoms with Gasteiger partial charge in [0.1, 0.15) is 5.69 Å². The Labute approximate surface area is 136 Å². The first-order valence-electron chi connectivity index (χ1n) is 7.81. The summed E-state index contributed by atoms with van der Waals surface area (Å²) in [5, 5.41) is 3.07. The summed E-state index contributed by atoms with van der Waals surface area (Å²) in [6, 6.07) is 2.18. The normalized spacial score (nSPS) is 17.4. The van der Waals surface area contributed by atoms with Crippen molar-refractivity contribution in [3.63, 3.8) is 0 Å². The highest BCUT2D eigenvalue weighted by atomic mass is 79.9. The molecule has 0 atom stereocenters. The van der Waals surface area contributed by atoms with Crippen molar-refractivity contribution >= 4 is 21.8 Å². The van der Waals surface area contributed by atoms with E-state index in [1.165, 1.54) is 25.9 Å². The maximum atomic E-state index is 12.3. The molecule has 0 bridgehead atoms. The van der Waals surface area contributed by atoms with Crippen LogP contribution in [-0.2, 0) is 0 Å². The number of nitrogens with zero attached hydrogens (tertiary/aromatic N) is 2. The van der Waals surface area contributed by atoms with E-state index in [1.54, 1.807) is 0 Å². The van der Waals surface area contributed by atoms with Gasteiger partial charge in [-0.15, -0.1) is 0 Å². The lowest BCUT2D eigenvalue weighted by Crippen LogP contribution is -2.33. The number of hydrogen-bond acceptors (Lipinski definition) is 2. The fourth-order valence-corrected chi connectivity index (χ4v) is 3.32. The molecule has 2 heterocycles. The van der Waals surface area contributed by atoms with Gasteiger partial charge >= 0.3 is 0 Å². The number of hydrogen-bond donors (Lipinski definition) is 1. The molecular weight excluding hydrogens is 330 g/mol. The number of aromatic nitrogens is 1. The molecule has 0 saturated carbocycles. The second-order valence-electron chi connectivity index (χ2n) is 6.34. The molecule has 0 aromatic carbocycles. The number of nitrogens with one attached hydrogen (secondary N) is 1. The summed E-state index contributed by atoms with van der Waals surface area (Å²) < 4.78 is 2.96. The maximum Gasteiger partial charge on any atom is 0.267 e. The SMILES string of the molecule is CC(C)n1cc(Br)cc1C(=O)NCCC1CCN(C)CC1. The zero-order chi connectivity index (χ0) is 15.4. The van der Waals surface area contributed by atoms with Crippen LogP contribution in [0, 0.1) is 5.92 Å². The summed E-state index contributed by atoms with van der Waals surface area (Å²) in [6.07, 6.45) is 5.56. The number of likely N-dealkylation sites (tertiary alicyclic amines) is 1. The highest BCUT2D eigenvalue weighted by molar-refractivity contribution is 9.10. The first kappa shape index (κ1) is 16.6. The molecule has 118 valence electrons. The number of halogens is 1. The number of rotatable bonds is 5. The molecule has 1 fully saturated rings. The molecule has 1 aromatic heterocycles. The lowest BCUT2D eigenvalue weighted by atomic mass is 9.94. The average Bonchev–Trinajstić information content (AvgIpc) is 2.83. The minimum absolute atomic E-state index is 0.0299. The van der Waals surface area contributed by atoms with Gasteiger partial charge in [-0.1, -0.05) is 0 Å². The summed E-state index contributed by atoms with van der Waals surface area (Å²) in [5.41, 5.74) is 0.736. The smallest absolute Gasteiger partial charge is 0.267 e. The van der Waals surface area contributed by atoms with Crippen molar-refractivity contribution in [1.82, 2.24) is 14.8 Å². The van der Waals surface area contributed by atoms with Gasteiger partial charge in [-0.25, -0.2) is 0 Å². The number of piperidine rings is 1. The lowest BCUT2D eigenvalue weighted by Gasteiger charge is -2.28. The van der Waals surface area contributed by atoms with Crippen LogP contribution >= 0.6 is 15.9 Å². The Hall–Kier alpha value is -0.810. The Kier molecular flexibility index (Phi) is 5.88. The molecule has 1 N–H and O–H groups in total. The summed E-state index contributed by atoms with van der Waals surface area (Å²) in [7, 11) is 2.18. The van der Waals surface area contributed by atoms with Crippen molar-refractivity contribution in [2.75, 3.05) is 26.7 Å². The van der Waals surface area contributed by atoms with Crippen LogP contribution in [0.1, 0.15) is 49.6 Å². The van der Waals surface area contributed by atoms with Gasteiger partial charge < -0.3 is 14.8 Å². The van der Waals surface area contributed by atoms with Crippen molar-refractivity contribution < 1.29 is 4.79 Å². The molecule has 0 aliphatic carbocycles. The maximum absolute atomic E-state index is 12.3. The van der Waals surface area contributed by atoms with Crippen LogP contribution < -0.4 is 5.32 Å². The summed E-state index contributed by atoms with van der Waals surface area (Å²) in [6.45, 7) is 7.31. The zero-order valence-electron chi connectivity index (χ0n) is 13.2. The highest BCUT2D eigenvalue weighted by Gasteiger charge is 2.18. The topological polar surface area (TPSA) is 37.3 Å². The Balaban J connectivity index is 1.82. The van der Waals surface area contributed by atoms with Gasteiger partial charge in [0.15, 0.2) is 0 Å². The Morgan fingerprint density at radius 1 is 1.43 bits per heavy atom. The second-order valence-corrected chi connectivity index (χ2v) is 7.25. The van der Waals surface area contributed by atoms with Crippen molar-refractivity contribution in [2.24, 2.45) is 5.92 Å². The van der Waals surface area contributed by atoms with E-state index in [0.29, 0.717) is 0 Å². The average molecular weight is 356 g/mol. The fourth-order valence-electron chi connectivity index (χ4n) is 2.89. The molecule has 2 rings (SSSR count). The van der Waals surface area contributed by atoms with Gasteiger partial charge in [0.2, 0.25) is 0 Å². The molecule has 0 unspecified atom stereocenters. The van der Waals surface area contributed by atoms with Crippen LogP contribution in [0.2, 0.25) is 0 Å². The fraction of sp³-hybridized carbons (Fsp3) is 0.688. The van der Waals surface area contributed by atoms with E-state index in [9.17, 15) is 4.79 Å². The number of carbonyl (C=O) groups is 1. The predicted molar refractivity (Wildman–Crippen MR) is 89.7 cm³/mol. The predicted octanol–water partition coefficient (Wildman–Crippen LogP) is 3.29.